The van der Waals surface area contributed by atoms with Crippen molar-refractivity contribution in [2.45, 2.75) is 52.2 Å². The van der Waals surface area contributed by atoms with Gasteiger partial charge in [-0.05, 0) is 33.6 Å². The Bertz CT molecular complexity index is 421. The van der Waals surface area contributed by atoms with Gasteiger partial charge in [0.2, 0.25) is 5.91 Å². The van der Waals surface area contributed by atoms with Crippen LogP contribution in [0.1, 0.15) is 45.3 Å². The van der Waals surface area contributed by atoms with Crippen LogP contribution >= 0.6 is 0 Å². The van der Waals surface area contributed by atoms with Gasteiger partial charge in [-0.1, -0.05) is 0 Å². The van der Waals surface area contributed by atoms with Gasteiger partial charge in [0, 0.05) is 31.9 Å². The Morgan fingerprint density at radius 1 is 1.53 bits per heavy atom. The van der Waals surface area contributed by atoms with Crippen molar-refractivity contribution in [3.63, 3.8) is 0 Å². The molecule has 0 aliphatic heterocycles. The zero-order valence-electron chi connectivity index (χ0n) is 12.1. The first-order valence-corrected chi connectivity index (χ1v) is 7.20. The van der Waals surface area contributed by atoms with E-state index >= 15 is 0 Å². The summed E-state index contributed by atoms with van der Waals surface area (Å²) in [5, 5.41) is 3.46. The van der Waals surface area contributed by atoms with Gasteiger partial charge in [0.05, 0.1) is 12.0 Å². The molecule has 5 nitrogen and oxygen atoms in total. The molecule has 1 amide bonds. The average molecular weight is 264 g/mol. The molecule has 0 bridgehead atoms. The minimum absolute atomic E-state index is 0.163. The molecule has 0 spiro atoms. The predicted octanol–water partition coefficient (Wildman–Crippen LogP) is 1.56. The monoisotopic (exact) mass is 264 g/mol. The maximum Gasteiger partial charge on any atom is 0.245 e. The molecule has 106 valence electrons. The second-order valence-electron chi connectivity index (χ2n) is 5.13. The van der Waals surface area contributed by atoms with E-state index in [2.05, 4.69) is 10.3 Å². The number of carbonyl (C=O) groups excluding carboxylic acids is 1. The van der Waals surface area contributed by atoms with Crippen molar-refractivity contribution in [2.75, 3.05) is 13.1 Å². The fourth-order valence-electron chi connectivity index (χ4n) is 2.27. The summed E-state index contributed by atoms with van der Waals surface area (Å²) in [6.45, 7) is 8.27. The summed E-state index contributed by atoms with van der Waals surface area (Å²) in [5.74, 6) is 0.163. The summed E-state index contributed by atoms with van der Waals surface area (Å²) in [7, 11) is 0. The van der Waals surface area contributed by atoms with Crippen LogP contribution in [0, 0.1) is 0 Å². The van der Waals surface area contributed by atoms with Crippen LogP contribution in [0.5, 0.6) is 0 Å². The molecule has 1 aromatic rings. The van der Waals surface area contributed by atoms with Crippen LogP contribution < -0.4 is 5.32 Å². The number of nitrogens with zero attached hydrogens (tertiary/aromatic N) is 3. The highest BCUT2D eigenvalue weighted by atomic mass is 16.2. The van der Waals surface area contributed by atoms with Crippen molar-refractivity contribution < 1.29 is 4.79 Å². The van der Waals surface area contributed by atoms with Crippen LogP contribution in [0.3, 0.4) is 0 Å². The van der Waals surface area contributed by atoms with Gasteiger partial charge < -0.3 is 14.8 Å². The Morgan fingerprint density at radius 2 is 2.21 bits per heavy atom. The Kier molecular flexibility index (Phi) is 4.58. The average Bonchev–Trinajstić information content (AvgIpc) is 3.14. The van der Waals surface area contributed by atoms with Gasteiger partial charge in [-0.15, -0.1) is 0 Å². The van der Waals surface area contributed by atoms with Gasteiger partial charge in [-0.3, -0.25) is 4.79 Å². The Balaban J connectivity index is 2.02. The number of carbonyl (C=O) groups is 1. The maximum absolute atomic E-state index is 12.4. The van der Waals surface area contributed by atoms with Gasteiger partial charge in [0.15, 0.2) is 0 Å². The standard InChI is InChI=1S/C14H24N4O/c1-4-17(5-2)14(19)11(3)18-10-15-8-13(18)9-16-12-6-7-12/h8,10-12,16H,4-7,9H2,1-3H3. The summed E-state index contributed by atoms with van der Waals surface area (Å²) in [4.78, 5) is 18.4. The minimum Gasteiger partial charge on any atom is -0.341 e. The second kappa shape index (κ2) is 6.19. The first-order chi connectivity index (χ1) is 9.17. The van der Waals surface area contributed by atoms with Crippen molar-refractivity contribution in [3.8, 4) is 0 Å². The van der Waals surface area contributed by atoms with E-state index in [-0.39, 0.29) is 11.9 Å². The van der Waals surface area contributed by atoms with Gasteiger partial charge in [-0.25, -0.2) is 4.98 Å². The second-order valence-corrected chi connectivity index (χ2v) is 5.13. The molecule has 1 fully saturated rings. The van der Waals surface area contributed by atoms with Crippen LogP contribution in [-0.4, -0.2) is 39.5 Å². The molecule has 1 aliphatic rings. The van der Waals surface area contributed by atoms with Crippen molar-refractivity contribution in [1.82, 2.24) is 19.8 Å². The van der Waals surface area contributed by atoms with Crippen LogP contribution in [0.4, 0.5) is 0 Å². The molecule has 5 heteroatoms. The lowest BCUT2D eigenvalue weighted by Crippen LogP contribution is -2.36. The number of likely N-dealkylation sites (N-methyl/N-ethyl adjacent to an activating group) is 1. The van der Waals surface area contributed by atoms with Gasteiger partial charge in [0.25, 0.3) is 0 Å². The van der Waals surface area contributed by atoms with Gasteiger partial charge in [0.1, 0.15) is 6.04 Å². The van der Waals surface area contributed by atoms with E-state index in [0.717, 1.165) is 25.3 Å². The summed E-state index contributed by atoms with van der Waals surface area (Å²) in [5.41, 5.74) is 1.08. The Morgan fingerprint density at radius 3 is 2.79 bits per heavy atom. The van der Waals surface area contributed by atoms with E-state index in [1.54, 1.807) is 6.33 Å². The van der Waals surface area contributed by atoms with Crippen LogP contribution in [0.2, 0.25) is 0 Å². The van der Waals surface area contributed by atoms with E-state index in [4.69, 9.17) is 0 Å². The Hall–Kier alpha value is -1.36. The SMILES string of the molecule is CCN(CC)C(=O)C(C)n1cncc1CNC1CC1. The molecule has 19 heavy (non-hydrogen) atoms. The summed E-state index contributed by atoms with van der Waals surface area (Å²) < 4.78 is 1.98. The molecular formula is C14H24N4O. The highest BCUT2D eigenvalue weighted by Gasteiger charge is 2.23. The molecule has 2 rings (SSSR count). The molecule has 1 aliphatic carbocycles. The minimum atomic E-state index is -0.182. The lowest BCUT2D eigenvalue weighted by atomic mass is 10.2. The van der Waals surface area contributed by atoms with Crippen molar-refractivity contribution in [2.24, 2.45) is 0 Å². The molecule has 1 saturated carbocycles. The number of amides is 1. The lowest BCUT2D eigenvalue weighted by molar-refractivity contribution is -0.133. The number of rotatable bonds is 7. The maximum atomic E-state index is 12.4. The molecule has 1 heterocycles. The van der Waals surface area contributed by atoms with E-state index in [0.29, 0.717) is 6.04 Å². The van der Waals surface area contributed by atoms with Crippen LogP contribution in [0.15, 0.2) is 12.5 Å². The largest absolute Gasteiger partial charge is 0.341 e. The van der Waals surface area contributed by atoms with Crippen molar-refractivity contribution in [3.05, 3.63) is 18.2 Å². The Labute approximate surface area is 115 Å². The molecular weight excluding hydrogens is 240 g/mol. The number of hydrogen-bond donors (Lipinski definition) is 1. The van der Waals surface area contributed by atoms with E-state index in [9.17, 15) is 4.79 Å². The van der Waals surface area contributed by atoms with Gasteiger partial charge in [-0.2, -0.15) is 0 Å². The predicted molar refractivity (Wildman–Crippen MR) is 74.7 cm³/mol. The molecule has 1 unspecified atom stereocenters. The van der Waals surface area contributed by atoms with Crippen LogP contribution in [-0.2, 0) is 11.3 Å². The third-order valence-corrected chi connectivity index (χ3v) is 3.75. The van der Waals surface area contributed by atoms with Crippen molar-refractivity contribution in [1.29, 1.82) is 0 Å². The quantitative estimate of drug-likeness (QED) is 0.813. The molecule has 1 N–H and O–H groups in total. The lowest BCUT2D eigenvalue weighted by Gasteiger charge is -2.24. The molecule has 0 aromatic carbocycles. The van der Waals surface area contributed by atoms with E-state index < -0.39 is 0 Å². The third kappa shape index (κ3) is 3.35. The smallest absolute Gasteiger partial charge is 0.245 e. The molecule has 1 atom stereocenters. The molecule has 0 saturated heterocycles. The molecule has 1 aromatic heterocycles. The number of aromatic nitrogens is 2. The zero-order chi connectivity index (χ0) is 13.8. The number of hydrogen-bond acceptors (Lipinski definition) is 3. The topological polar surface area (TPSA) is 50.2 Å². The highest BCUT2D eigenvalue weighted by Crippen LogP contribution is 2.20. The van der Waals surface area contributed by atoms with Crippen LogP contribution in [0.25, 0.3) is 0 Å². The normalized spacial score (nSPS) is 16.4. The summed E-state index contributed by atoms with van der Waals surface area (Å²) in [6.07, 6.45) is 6.14. The highest BCUT2D eigenvalue weighted by molar-refractivity contribution is 5.80. The summed E-state index contributed by atoms with van der Waals surface area (Å²) >= 11 is 0. The zero-order valence-corrected chi connectivity index (χ0v) is 12.1. The first-order valence-electron chi connectivity index (χ1n) is 7.20. The van der Waals surface area contributed by atoms with Crippen molar-refractivity contribution >= 4 is 5.91 Å². The number of nitrogens with one attached hydrogen (secondary N) is 1. The first kappa shape index (κ1) is 14.1. The summed E-state index contributed by atoms with van der Waals surface area (Å²) in [6, 6.07) is 0.482. The van der Waals surface area contributed by atoms with E-state index in [1.165, 1.54) is 12.8 Å². The molecule has 0 radical (unpaired) electrons. The third-order valence-electron chi connectivity index (χ3n) is 3.75. The number of imidazole rings is 1. The van der Waals surface area contributed by atoms with Gasteiger partial charge >= 0.3 is 0 Å². The fraction of sp³-hybridized carbons (Fsp3) is 0.714. The van der Waals surface area contributed by atoms with E-state index in [1.807, 2.05) is 36.4 Å². The fourth-order valence-corrected chi connectivity index (χ4v) is 2.27.